The highest BCUT2D eigenvalue weighted by atomic mass is 19.1. The number of nitriles is 1. The molecule has 2 aromatic carbocycles. The molecule has 4 heteroatoms. The van der Waals surface area contributed by atoms with Gasteiger partial charge in [-0.3, -0.25) is 0 Å². The van der Waals surface area contributed by atoms with E-state index in [0.29, 0.717) is 22.4 Å². The van der Waals surface area contributed by atoms with Gasteiger partial charge in [0.2, 0.25) is 0 Å². The fraction of sp³-hybridized carbons (Fsp3) is 0. The van der Waals surface area contributed by atoms with E-state index in [1.54, 1.807) is 36.4 Å². The molecule has 1 heterocycles. The lowest BCUT2D eigenvalue weighted by molar-refractivity contribution is 0.0717. The second kappa shape index (κ2) is 4.63. The van der Waals surface area contributed by atoms with Crippen molar-refractivity contribution < 1.29 is 13.9 Å². The number of nitrogens with zero attached hydrogens (tertiary/aromatic N) is 1. The molecule has 0 N–H and O–H groups in total. The summed E-state index contributed by atoms with van der Waals surface area (Å²) in [5, 5.41) is 8.81. The van der Waals surface area contributed by atoms with E-state index in [9.17, 15) is 9.18 Å². The first-order valence-corrected chi connectivity index (χ1v) is 5.92. The number of esters is 1. The molecule has 0 atom stereocenters. The Kier molecular flexibility index (Phi) is 2.81. The molecule has 0 fully saturated rings. The zero-order valence-corrected chi connectivity index (χ0v) is 10.3. The standard InChI is InChI=1S/C16H8FNO2/c17-14-6-5-10(7-11(14)9-18)8-15-12-3-1-2-4-13(12)16(19)20-15/h1-8H/b15-8-. The number of hydrogen-bond acceptors (Lipinski definition) is 3. The molecule has 0 saturated carbocycles. The topological polar surface area (TPSA) is 50.1 Å². The Morgan fingerprint density at radius 2 is 1.90 bits per heavy atom. The van der Waals surface area contributed by atoms with Gasteiger partial charge in [-0.1, -0.05) is 24.3 Å². The lowest BCUT2D eigenvalue weighted by atomic mass is 10.1. The number of cyclic esters (lactones) is 1. The van der Waals surface area contributed by atoms with E-state index in [0.717, 1.165) is 0 Å². The zero-order valence-electron chi connectivity index (χ0n) is 10.3. The SMILES string of the molecule is N#Cc1cc(/C=C2\OC(=O)c3ccccc32)ccc1F. The molecule has 0 radical (unpaired) electrons. The van der Waals surface area contributed by atoms with Crippen molar-refractivity contribution in [1.82, 2.24) is 0 Å². The Hall–Kier alpha value is -2.93. The average Bonchev–Trinajstić information content (AvgIpc) is 2.78. The number of halogens is 1. The third-order valence-corrected chi connectivity index (χ3v) is 3.02. The number of hydrogen-bond donors (Lipinski definition) is 0. The van der Waals surface area contributed by atoms with E-state index >= 15 is 0 Å². The van der Waals surface area contributed by atoms with E-state index in [-0.39, 0.29) is 5.56 Å². The second-order valence-electron chi connectivity index (χ2n) is 4.29. The van der Waals surface area contributed by atoms with Crippen LogP contribution in [0, 0.1) is 17.1 Å². The average molecular weight is 265 g/mol. The molecule has 20 heavy (non-hydrogen) atoms. The molecule has 96 valence electrons. The van der Waals surface area contributed by atoms with Gasteiger partial charge >= 0.3 is 5.97 Å². The summed E-state index contributed by atoms with van der Waals surface area (Å²) < 4.78 is 18.4. The van der Waals surface area contributed by atoms with Gasteiger partial charge in [-0.15, -0.1) is 0 Å². The maximum absolute atomic E-state index is 13.3. The number of fused-ring (bicyclic) bond motifs is 1. The van der Waals surface area contributed by atoms with Gasteiger partial charge in [0.15, 0.2) is 0 Å². The first kappa shape index (κ1) is 12.1. The Balaban J connectivity index is 2.07. The first-order chi connectivity index (χ1) is 9.69. The molecule has 1 aliphatic rings. The number of carbonyl (C=O) groups is 1. The normalized spacial score (nSPS) is 14.8. The fourth-order valence-corrected chi connectivity index (χ4v) is 2.06. The van der Waals surface area contributed by atoms with Gasteiger partial charge in [-0.05, 0) is 29.8 Å². The number of ether oxygens (including phenoxy) is 1. The van der Waals surface area contributed by atoms with Crippen LogP contribution in [0.4, 0.5) is 4.39 Å². The summed E-state index contributed by atoms with van der Waals surface area (Å²) in [6.07, 6.45) is 1.62. The van der Waals surface area contributed by atoms with Crippen molar-refractivity contribution in [2.45, 2.75) is 0 Å². The first-order valence-electron chi connectivity index (χ1n) is 5.92. The molecule has 3 nitrogen and oxygen atoms in total. The molecule has 0 unspecified atom stereocenters. The van der Waals surface area contributed by atoms with Gasteiger partial charge in [0.25, 0.3) is 0 Å². The van der Waals surface area contributed by atoms with Crippen molar-refractivity contribution >= 4 is 17.8 Å². The maximum Gasteiger partial charge on any atom is 0.344 e. The molecule has 1 aliphatic heterocycles. The van der Waals surface area contributed by atoms with Crippen LogP contribution in [0.5, 0.6) is 0 Å². The maximum atomic E-state index is 13.3. The molecule has 2 aromatic rings. The second-order valence-corrected chi connectivity index (χ2v) is 4.29. The van der Waals surface area contributed by atoms with E-state index in [1.807, 2.05) is 0 Å². The molecule has 0 amide bonds. The summed E-state index contributed by atoms with van der Waals surface area (Å²) in [6, 6.07) is 13.0. The summed E-state index contributed by atoms with van der Waals surface area (Å²) >= 11 is 0. The molecule has 0 saturated heterocycles. The van der Waals surface area contributed by atoms with Gasteiger partial charge in [0.05, 0.1) is 11.1 Å². The third kappa shape index (κ3) is 1.95. The number of rotatable bonds is 1. The van der Waals surface area contributed by atoms with Gasteiger partial charge in [-0.25, -0.2) is 9.18 Å². The van der Waals surface area contributed by atoms with Crippen LogP contribution in [0.15, 0.2) is 42.5 Å². The Morgan fingerprint density at radius 1 is 1.15 bits per heavy atom. The Morgan fingerprint density at radius 3 is 2.65 bits per heavy atom. The molecule has 0 aliphatic carbocycles. The Bertz CT molecular complexity index is 787. The van der Waals surface area contributed by atoms with Gasteiger partial charge < -0.3 is 4.74 Å². The van der Waals surface area contributed by atoms with E-state index in [1.165, 1.54) is 18.2 Å². The van der Waals surface area contributed by atoms with E-state index in [2.05, 4.69) is 0 Å². The lowest BCUT2D eigenvalue weighted by Crippen LogP contribution is -1.92. The van der Waals surface area contributed by atoms with Crippen molar-refractivity contribution in [3.8, 4) is 6.07 Å². The predicted molar refractivity (Wildman–Crippen MR) is 70.8 cm³/mol. The monoisotopic (exact) mass is 265 g/mol. The van der Waals surface area contributed by atoms with Crippen LogP contribution in [0.2, 0.25) is 0 Å². The summed E-state index contributed by atoms with van der Waals surface area (Å²) in [6.45, 7) is 0. The Labute approximate surface area is 114 Å². The molecule has 3 rings (SSSR count). The van der Waals surface area contributed by atoms with Crippen LogP contribution < -0.4 is 0 Å². The molecule has 0 aromatic heterocycles. The van der Waals surface area contributed by atoms with Crippen LogP contribution in [-0.2, 0) is 4.74 Å². The summed E-state index contributed by atoms with van der Waals surface area (Å²) in [7, 11) is 0. The van der Waals surface area contributed by atoms with Crippen LogP contribution in [0.3, 0.4) is 0 Å². The summed E-state index contributed by atoms with van der Waals surface area (Å²) in [4.78, 5) is 11.7. The smallest absolute Gasteiger partial charge is 0.344 e. The highest BCUT2D eigenvalue weighted by Gasteiger charge is 2.25. The van der Waals surface area contributed by atoms with Crippen molar-refractivity contribution in [3.63, 3.8) is 0 Å². The van der Waals surface area contributed by atoms with Gasteiger partial charge in [-0.2, -0.15) is 5.26 Å². The van der Waals surface area contributed by atoms with Crippen LogP contribution >= 0.6 is 0 Å². The lowest BCUT2D eigenvalue weighted by Gasteiger charge is -2.00. The van der Waals surface area contributed by atoms with Crippen LogP contribution in [-0.4, -0.2) is 5.97 Å². The molecular weight excluding hydrogens is 257 g/mol. The highest BCUT2D eigenvalue weighted by Crippen LogP contribution is 2.31. The van der Waals surface area contributed by atoms with Crippen molar-refractivity contribution in [2.24, 2.45) is 0 Å². The minimum Gasteiger partial charge on any atom is -0.422 e. The molecule has 0 bridgehead atoms. The fourth-order valence-electron chi connectivity index (χ4n) is 2.06. The minimum atomic E-state index is -0.571. The third-order valence-electron chi connectivity index (χ3n) is 3.02. The number of benzene rings is 2. The van der Waals surface area contributed by atoms with E-state index < -0.39 is 11.8 Å². The van der Waals surface area contributed by atoms with E-state index in [4.69, 9.17) is 10.00 Å². The predicted octanol–water partition coefficient (Wildman–Crippen LogP) is 3.37. The van der Waals surface area contributed by atoms with Crippen molar-refractivity contribution in [3.05, 3.63) is 70.5 Å². The van der Waals surface area contributed by atoms with Crippen molar-refractivity contribution in [2.75, 3.05) is 0 Å². The quantitative estimate of drug-likeness (QED) is 0.743. The van der Waals surface area contributed by atoms with Crippen LogP contribution in [0.1, 0.15) is 27.0 Å². The minimum absolute atomic E-state index is 0.0445. The molecule has 0 spiro atoms. The van der Waals surface area contributed by atoms with Gasteiger partial charge in [0.1, 0.15) is 17.6 Å². The number of carbonyl (C=O) groups excluding carboxylic acids is 1. The van der Waals surface area contributed by atoms with Gasteiger partial charge in [0, 0.05) is 5.56 Å². The summed E-state index contributed by atoms with van der Waals surface area (Å²) in [5.74, 6) is -0.575. The summed E-state index contributed by atoms with van der Waals surface area (Å²) in [5.41, 5.74) is 1.75. The van der Waals surface area contributed by atoms with Crippen molar-refractivity contribution in [1.29, 1.82) is 5.26 Å². The zero-order chi connectivity index (χ0) is 14.1. The van der Waals surface area contributed by atoms with Crippen LogP contribution in [0.25, 0.3) is 11.8 Å². The highest BCUT2D eigenvalue weighted by molar-refractivity contribution is 6.05. The molecular formula is C16H8FNO2. The largest absolute Gasteiger partial charge is 0.422 e.